The first-order valence-corrected chi connectivity index (χ1v) is 9.97. The van der Waals surface area contributed by atoms with Crippen molar-refractivity contribution in [2.75, 3.05) is 19.0 Å². The third-order valence-corrected chi connectivity index (χ3v) is 5.00. The quantitative estimate of drug-likeness (QED) is 0.405. The average molecular weight is 380 g/mol. The molecule has 0 saturated heterocycles. The smallest absolute Gasteiger partial charge is 0.306 e. The van der Waals surface area contributed by atoms with Gasteiger partial charge >= 0.3 is 5.97 Å². The maximum atomic E-state index is 11.7. The topological polar surface area (TPSA) is 77.0 Å². The van der Waals surface area contributed by atoms with Crippen LogP contribution in [0.15, 0.2) is 43.0 Å². The number of unbranched alkanes of at least 4 members (excludes halogenated alkanes) is 2. The third-order valence-electron chi connectivity index (χ3n) is 5.00. The Hall–Kier alpha value is -2.76. The Balaban J connectivity index is 1.46. The van der Waals surface area contributed by atoms with Crippen molar-refractivity contribution < 1.29 is 9.53 Å². The van der Waals surface area contributed by atoms with Crippen molar-refractivity contribution in [1.82, 2.24) is 15.0 Å². The van der Waals surface area contributed by atoms with E-state index < -0.39 is 0 Å². The molecule has 1 atom stereocenters. The van der Waals surface area contributed by atoms with Gasteiger partial charge in [0.1, 0.15) is 12.1 Å². The highest BCUT2D eigenvalue weighted by atomic mass is 16.5. The summed E-state index contributed by atoms with van der Waals surface area (Å²) in [4.78, 5) is 24.5. The van der Waals surface area contributed by atoms with Gasteiger partial charge in [0.15, 0.2) is 0 Å². The molecule has 28 heavy (non-hydrogen) atoms. The number of pyridine rings is 1. The lowest BCUT2D eigenvalue weighted by atomic mass is 9.97. The van der Waals surface area contributed by atoms with Gasteiger partial charge < -0.3 is 10.1 Å². The molecule has 1 aliphatic rings. The van der Waals surface area contributed by atoms with Crippen molar-refractivity contribution in [2.24, 2.45) is 0 Å². The van der Waals surface area contributed by atoms with Gasteiger partial charge in [-0.1, -0.05) is 18.2 Å². The fraction of sp³-hybridized carbons (Fsp3) is 0.455. The minimum absolute atomic E-state index is 0.0537. The molecule has 3 heterocycles. The first-order chi connectivity index (χ1) is 13.8. The zero-order valence-corrected chi connectivity index (χ0v) is 16.4. The Kier molecular flexibility index (Phi) is 7.53. The molecule has 0 bridgehead atoms. The normalized spacial score (nSPS) is 14.3. The number of carbonyl (C=O) groups excluding carboxylic acids is 1. The number of nitrogens with zero attached hydrogens (tertiary/aromatic N) is 3. The molecule has 0 radical (unpaired) electrons. The molecule has 0 fully saturated rings. The molecule has 6 heteroatoms. The van der Waals surface area contributed by atoms with Crippen molar-refractivity contribution >= 4 is 11.8 Å². The maximum Gasteiger partial charge on any atom is 0.306 e. The van der Waals surface area contributed by atoms with Crippen LogP contribution in [-0.4, -0.2) is 34.6 Å². The number of methoxy groups -OCH3 is 1. The lowest BCUT2D eigenvalue weighted by Crippen LogP contribution is -2.13. The van der Waals surface area contributed by atoms with Crippen LogP contribution in [0.4, 0.5) is 5.82 Å². The Morgan fingerprint density at radius 1 is 1.29 bits per heavy atom. The van der Waals surface area contributed by atoms with Gasteiger partial charge in [-0.2, -0.15) is 0 Å². The number of allylic oxidation sites excluding steroid dienone is 2. The number of aromatic nitrogens is 3. The molecule has 148 valence electrons. The molecule has 1 N–H and O–H groups in total. The van der Waals surface area contributed by atoms with E-state index in [2.05, 4.69) is 39.6 Å². The highest BCUT2D eigenvalue weighted by molar-refractivity contribution is 5.70. The highest BCUT2D eigenvalue weighted by Gasteiger charge is 2.14. The summed E-state index contributed by atoms with van der Waals surface area (Å²) in [7, 11) is 1.41. The second-order valence-corrected chi connectivity index (χ2v) is 7.07. The predicted molar refractivity (Wildman–Crippen MR) is 109 cm³/mol. The molecular weight excluding hydrogens is 352 g/mol. The third kappa shape index (κ3) is 5.87. The van der Waals surface area contributed by atoms with Crippen LogP contribution in [0.25, 0.3) is 0 Å². The minimum Gasteiger partial charge on any atom is -0.469 e. The summed E-state index contributed by atoms with van der Waals surface area (Å²) in [6.45, 7) is 1.02. The number of aryl methyl sites for hydroxylation is 2. The lowest BCUT2D eigenvalue weighted by molar-refractivity contribution is -0.140. The van der Waals surface area contributed by atoms with Gasteiger partial charge in [-0.3, -0.25) is 4.79 Å². The zero-order chi connectivity index (χ0) is 19.6. The summed E-state index contributed by atoms with van der Waals surface area (Å²) in [5.74, 6) is 0.784. The number of anilines is 1. The Bertz CT molecular complexity index is 792. The van der Waals surface area contributed by atoms with E-state index in [1.54, 1.807) is 12.4 Å². The second-order valence-electron chi connectivity index (χ2n) is 7.07. The number of hydrogen-bond acceptors (Lipinski definition) is 6. The summed E-state index contributed by atoms with van der Waals surface area (Å²) >= 11 is 0. The van der Waals surface area contributed by atoms with Gasteiger partial charge in [0.05, 0.1) is 13.5 Å². The molecule has 0 aromatic carbocycles. The number of hydrogen-bond donors (Lipinski definition) is 1. The minimum atomic E-state index is -0.231. The van der Waals surface area contributed by atoms with Crippen LogP contribution < -0.4 is 5.32 Å². The zero-order valence-electron chi connectivity index (χ0n) is 16.4. The van der Waals surface area contributed by atoms with Crippen molar-refractivity contribution in [3.63, 3.8) is 0 Å². The van der Waals surface area contributed by atoms with Gasteiger partial charge in [-0.05, 0) is 55.7 Å². The van der Waals surface area contributed by atoms with Gasteiger partial charge in [0.2, 0.25) is 0 Å². The largest absolute Gasteiger partial charge is 0.469 e. The summed E-state index contributed by atoms with van der Waals surface area (Å²) in [5.41, 5.74) is 3.41. The molecular formula is C22H28N4O2. The SMILES string of the molecule is COC(=O)CC(/C=C/CCCCc1ccc2c(n1)NCCC2)c1cncnc1. The van der Waals surface area contributed by atoms with Crippen molar-refractivity contribution in [3.8, 4) is 0 Å². The molecule has 2 aromatic rings. The van der Waals surface area contributed by atoms with E-state index in [0.29, 0.717) is 6.42 Å². The van der Waals surface area contributed by atoms with Gasteiger partial charge in [-0.25, -0.2) is 15.0 Å². The van der Waals surface area contributed by atoms with E-state index in [1.165, 1.54) is 25.4 Å². The monoisotopic (exact) mass is 380 g/mol. The predicted octanol–water partition coefficient (Wildman–Crippen LogP) is 3.85. The number of carbonyl (C=O) groups is 1. The summed E-state index contributed by atoms with van der Waals surface area (Å²) in [5, 5.41) is 3.39. The van der Waals surface area contributed by atoms with Gasteiger partial charge in [0, 0.05) is 30.6 Å². The van der Waals surface area contributed by atoms with Crippen molar-refractivity contribution in [2.45, 2.75) is 50.9 Å². The van der Waals surface area contributed by atoms with Crippen LogP contribution in [0.1, 0.15) is 54.8 Å². The van der Waals surface area contributed by atoms with Crippen molar-refractivity contribution in [3.05, 3.63) is 59.8 Å². The first-order valence-electron chi connectivity index (χ1n) is 9.97. The molecule has 0 spiro atoms. The Labute approximate surface area is 166 Å². The van der Waals surface area contributed by atoms with Crippen LogP contribution in [0.3, 0.4) is 0 Å². The maximum absolute atomic E-state index is 11.7. The lowest BCUT2D eigenvalue weighted by Gasteiger charge is -2.17. The fourth-order valence-electron chi connectivity index (χ4n) is 3.40. The summed E-state index contributed by atoms with van der Waals surface area (Å²) < 4.78 is 4.81. The Morgan fingerprint density at radius 3 is 2.96 bits per heavy atom. The molecule has 6 nitrogen and oxygen atoms in total. The first kappa shape index (κ1) is 20.0. The Morgan fingerprint density at radius 2 is 2.14 bits per heavy atom. The van der Waals surface area contributed by atoms with E-state index in [9.17, 15) is 4.79 Å². The van der Waals surface area contributed by atoms with Gasteiger partial charge in [-0.15, -0.1) is 0 Å². The number of nitrogens with one attached hydrogen (secondary N) is 1. The van der Waals surface area contributed by atoms with E-state index in [-0.39, 0.29) is 11.9 Å². The molecule has 1 aliphatic heterocycles. The number of ether oxygens (including phenoxy) is 1. The molecule has 0 saturated carbocycles. The van der Waals surface area contributed by atoms with Crippen LogP contribution in [0.2, 0.25) is 0 Å². The van der Waals surface area contributed by atoms with Crippen LogP contribution in [-0.2, 0) is 22.4 Å². The van der Waals surface area contributed by atoms with Crippen LogP contribution >= 0.6 is 0 Å². The van der Waals surface area contributed by atoms with E-state index in [4.69, 9.17) is 9.72 Å². The molecule has 3 rings (SSSR count). The van der Waals surface area contributed by atoms with Crippen LogP contribution in [0, 0.1) is 0 Å². The average Bonchev–Trinajstić information content (AvgIpc) is 2.75. The second kappa shape index (κ2) is 10.5. The molecule has 0 amide bonds. The number of fused-ring (bicyclic) bond motifs is 1. The summed E-state index contributed by atoms with van der Waals surface area (Å²) in [6.07, 6.45) is 15.9. The fourth-order valence-corrected chi connectivity index (χ4v) is 3.40. The highest BCUT2D eigenvalue weighted by Crippen LogP contribution is 2.22. The summed E-state index contributed by atoms with van der Waals surface area (Å²) in [6, 6.07) is 4.37. The van der Waals surface area contributed by atoms with E-state index in [0.717, 1.165) is 55.7 Å². The number of esters is 1. The number of rotatable bonds is 9. The molecule has 0 aliphatic carbocycles. The van der Waals surface area contributed by atoms with Crippen LogP contribution in [0.5, 0.6) is 0 Å². The standard InChI is InChI=1S/C22H28N4O2/c1-28-21(27)13-18(19-14-23-16-24-15-19)7-4-2-3-5-9-20-11-10-17-8-6-12-25-22(17)26-20/h4,7,10-11,14-16,18H,2-3,5-6,8-9,12-13H2,1H3,(H,25,26)/b7-4+. The van der Waals surface area contributed by atoms with Crippen molar-refractivity contribution in [1.29, 1.82) is 0 Å². The van der Waals surface area contributed by atoms with E-state index in [1.807, 2.05) is 0 Å². The van der Waals surface area contributed by atoms with Gasteiger partial charge in [0.25, 0.3) is 0 Å². The molecule has 1 unspecified atom stereocenters. The van der Waals surface area contributed by atoms with E-state index >= 15 is 0 Å². The molecule has 2 aromatic heterocycles.